The van der Waals surface area contributed by atoms with Crippen LogP contribution in [0.1, 0.15) is 32.6 Å². The lowest BCUT2D eigenvalue weighted by Crippen LogP contribution is -2.41. The number of carbonyl (C=O) groups excluding carboxylic acids is 1. The molecule has 1 unspecified atom stereocenters. The summed E-state index contributed by atoms with van der Waals surface area (Å²) >= 11 is 0. The summed E-state index contributed by atoms with van der Waals surface area (Å²) in [5.41, 5.74) is 5.57. The van der Waals surface area contributed by atoms with Crippen LogP contribution in [0.25, 0.3) is 0 Å². The van der Waals surface area contributed by atoms with Gasteiger partial charge in [-0.2, -0.15) is 0 Å². The van der Waals surface area contributed by atoms with Crippen molar-refractivity contribution in [3.63, 3.8) is 0 Å². The van der Waals surface area contributed by atoms with Crippen molar-refractivity contribution in [3.8, 4) is 0 Å². The van der Waals surface area contributed by atoms with Crippen LogP contribution in [0.3, 0.4) is 0 Å². The number of likely N-dealkylation sites (tertiary alicyclic amines) is 1. The van der Waals surface area contributed by atoms with E-state index in [0.29, 0.717) is 38.9 Å². The maximum atomic E-state index is 11.9. The number of hydrogen-bond donors (Lipinski definition) is 2. The molecule has 1 aliphatic heterocycles. The smallest absolute Gasteiger partial charge is 0.306 e. The van der Waals surface area contributed by atoms with Crippen LogP contribution in [0, 0.1) is 11.8 Å². The van der Waals surface area contributed by atoms with Crippen molar-refractivity contribution in [1.29, 1.82) is 0 Å². The number of nitrogens with zero attached hydrogens (tertiary/aromatic N) is 1. The summed E-state index contributed by atoms with van der Waals surface area (Å²) in [5.74, 6) is -0.660. The van der Waals surface area contributed by atoms with Crippen molar-refractivity contribution in [2.75, 3.05) is 19.6 Å². The molecule has 1 atom stereocenters. The number of amides is 1. The molecule has 0 aromatic rings. The number of carboxylic acid groups (broad SMARTS) is 1. The van der Waals surface area contributed by atoms with E-state index in [0.717, 1.165) is 6.42 Å². The fourth-order valence-corrected chi connectivity index (χ4v) is 2.15. The number of hydrogen-bond acceptors (Lipinski definition) is 3. The van der Waals surface area contributed by atoms with Crippen LogP contribution in [-0.4, -0.2) is 41.5 Å². The highest BCUT2D eigenvalue weighted by molar-refractivity contribution is 5.77. The lowest BCUT2D eigenvalue weighted by molar-refractivity contribution is -0.145. The van der Waals surface area contributed by atoms with Gasteiger partial charge in [-0.15, -0.1) is 0 Å². The molecule has 1 saturated heterocycles. The van der Waals surface area contributed by atoms with E-state index in [1.165, 1.54) is 0 Å². The van der Waals surface area contributed by atoms with Gasteiger partial charge in [-0.25, -0.2) is 0 Å². The number of rotatable bonds is 5. The first kappa shape index (κ1) is 14.0. The van der Waals surface area contributed by atoms with Crippen LogP contribution in [0.15, 0.2) is 0 Å². The maximum absolute atomic E-state index is 11.9. The Bertz CT molecular complexity index is 269. The number of carbonyl (C=O) groups is 2. The first-order chi connectivity index (χ1) is 8.08. The molecule has 0 saturated carbocycles. The highest BCUT2D eigenvalue weighted by Crippen LogP contribution is 2.19. The number of carboxylic acids is 1. The Labute approximate surface area is 102 Å². The summed E-state index contributed by atoms with van der Waals surface area (Å²) < 4.78 is 0. The van der Waals surface area contributed by atoms with E-state index in [9.17, 15) is 9.59 Å². The molecule has 0 spiro atoms. The van der Waals surface area contributed by atoms with Crippen molar-refractivity contribution in [2.45, 2.75) is 32.6 Å². The van der Waals surface area contributed by atoms with Gasteiger partial charge in [0.05, 0.1) is 5.92 Å². The van der Waals surface area contributed by atoms with Gasteiger partial charge < -0.3 is 15.7 Å². The molecule has 98 valence electrons. The maximum Gasteiger partial charge on any atom is 0.306 e. The summed E-state index contributed by atoms with van der Waals surface area (Å²) in [6.45, 7) is 3.70. The van der Waals surface area contributed by atoms with Gasteiger partial charge in [0.25, 0.3) is 0 Å². The molecule has 0 aromatic heterocycles. The molecule has 3 N–H and O–H groups in total. The largest absolute Gasteiger partial charge is 0.481 e. The molecule has 1 rings (SSSR count). The molecule has 1 aliphatic rings. The van der Waals surface area contributed by atoms with E-state index in [1.807, 2.05) is 6.92 Å². The van der Waals surface area contributed by atoms with Gasteiger partial charge in [0.2, 0.25) is 5.91 Å². The Kier molecular flexibility index (Phi) is 5.41. The molecule has 0 bridgehead atoms. The molecule has 0 aromatic carbocycles. The third-order valence-corrected chi connectivity index (χ3v) is 3.57. The lowest BCUT2D eigenvalue weighted by Gasteiger charge is -2.31. The number of aliphatic carboxylic acids is 1. The van der Waals surface area contributed by atoms with Crippen LogP contribution in [0.5, 0.6) is 0 Å². The number of piperidine rings is 1. The third-order valence-electron chi connectivity index (χ3n) is 3.57. The SMILES string of the molecule is CCC(CN)CC(=O)N1CCC(C(=O)O)CC1. The van der Waals surface area contributed by atoms with Gasteiger partial charge in [0, 0.05) is 19.5 Å². The van der Waals surface area contributed by atoms with Crippen LogP contribution >= 0.6 is 0 Å². The Balaban J connectivity index is 2.38. The monoisotopic (exact) mass is 242 g/mol. The zero-order chi connectivity index (χ0) is 12.8. The van der Waals surface area contributed by atoms with E-state index in [4.69, 9.17) is 10.8 Å². The molecule has 5 nitrogen and oxygen atoms in total. The Morgan fingerprint density at radius 3 is 2.41 bits per heavy atom. The molecule has 1 amide bonds. The van der Waals surface area contributed by atoms with Crippen molar-refractivity contribution >= 4 is 11.9 Å². The summed E-state index contributed by atoms with van der Waals surface area (Å²) in [5, 5.41) is 8.86. The van der Waals surface area contributed by atoms with E-state index >= 15 is 0 Å². The normalized spacial score (nSPS) is 19.1. The van der Waals surface area contributed by atoms with E-state index in [2.05, 4.69) is 0 Å². The molecule has 1 fully saturated rings. The van der Waals surface area contributed by atoms with Crippen LogP contribution in [-0.2, 0) is 9.59 Å². The average Bonchev–Trinajstić information content (AvgIpc) is 2.35. The highest BCUT2D eigenvalue weighted by Gasteiger charge is 2.27. The second kappa shape index (κ2) is 6.59. The van der Waals surface area contributed by atoms with E-state index < -0.39 is 5.97 Å². The van der Waals surface area contributed by atoms with Crippen LogP contribution in [0.4, 0.5) is 0 Å². The minimum absolute atomic E-state index is 0.117. The van der Waals surface area contributed by atoms with Gasteiger partial charge in [-0.3, -0.25) is 9.59 Å². The molecular formula is C12H22N2O3. The Hall–Kier alpha value is -1.10. The van der Waals surface area contributed by atoms with Gasteiger partial charge in [0.1, 0.15) is 0 Å². The predicted molar refractivity (Wildman–Crippen MR) is 64.4 cm³/mol. The third kappa shape index (κ3) is 4.00. The van der Waals surface area contributed by atoms with Gasteiger partial charge in [0.15, 0.2) is 0 Å². The standard InChI is InChI=1S/C12H22N2O3/c1-2-9(8-13)7-11(15)14-5-3-10(4-6-14)12(16)17/h9-10H,2-8,13H2,1H3,(H,16,17). The van der Waals surface area contributed by atoms with Gasteiger partial charge in [-0.05, 0) is 25.3 Å². The molecular weight excluding hydrogens is 220 g/mol. The zero-order valence-electron chi connectivity index (χ0n) is 10.4. The molecule has 0 aliphatic carbocycles. The van der Waals surface area contributed by atoms with E-state index in [-0.39, 0.29) is 17.7 Å². The van der Waals surface area contributed by atoms with Gasteiger partial charge in [-0.1, -0.05) is 13.3 Å². The Morgan fingerprint density at radius 1 is 1.41 bits per heavy atom. The second-order valence-corrected chi connectivity index (χ2v) is 4.71. The first-order valence-corrected chi connectivity index (χ1v) is 6.29. The zero-order valence-corrected chi connectivity index (χ0v) is 10.4. The second-order valence-electron chi connectivity index (χ2n) is 4.71. The van der Waals surface area contributed by atoms with Crippen molar-refractivity contribution < 1.29 is 14.7 Å². The quantitative estimate of drug-likeness (QED) is 0.742. The minimum Gasteiger partial charge on any atom is -0.481 e. The number of nitrogens with two attached hydrogens (primary N) is 1. The topological polar surface area (TPSA) is 83.6 Å². The van der Waals surface area contributed by atoms with Crippen LogP contribution in [0.2, 0.25) is 0 Å². The highest BCUT2D eigenvalue weighted by atomic mass is 16.4. The summed E-state index contributed by atoms with van der Waals surface area (Å²) in [6, 6.07) is 0. The predicted octanol–water partition coefficient (Wildman–Crippen LogP) is 0.685. The molecule has 17 heavy (non-hydrogen) atoms. The van der Waals surface area contributed by atoms with Crippen molar-refractivity contribution in [3.05, 3.63) is 0 Å². The summed E-state index contributed by atoms with van der Waals surface area (Å²) in [6.07, 6.45) is 2.54. The fraction of sp³-hybridized carbons (Fsp3) is 0.833. The minimum atomic E-state index is -0.745. The first-order valence-electron chi connectivity index (χ1n) is 6.29. The van der Waals surface area contributed by atoms with Crippen molar-refractivity contribution in [1.82, 2.24) is 4.90 Å². The summed E-state index contributed by atoms with van der Waals surface area (Å²) in [4.78, 5) is 24.5. The lowest BCUT2D eigenvalue weighted by atomic mass is 9.95. The molecule has 5 heteroatoms. The Morgan fingerprint density at radius 2 is 2.00 bits per heavy atom. The molecule has 0 radical (unpaired) electrons. The summed E-state index contributed by atoms with van der Waals surface area (Å²) in [7, 11) is 0. The van der Waals surface area contributed by atoms with Crippen molar-refractivity contribution in [2.24, 2.45) is 17.6 Å². The average molecular weight is 242 g/mol. The fourth-order valence-electron chi connectivity index (χ4n) is 2.15. The van der Waals surface area contributed by atoms with Gasteiger partial charge >= 0.3 is 5.97 Å². The molecule has 1 heterocycles. The van der Waals surface area contributed by atoms with Crippen LogP contribution < -0.4 is 5.73 Å². The van der Waals surface area contributed by atoms with E-state index in [1.54, 1.807) is 4.90 Å².